The van der Waals surface area contributed by atoms with Crippen LogP contribution in [0.5, 0.6) is 0 Å². The molecule has 152 valence electrons. The number of carboxylic acid groups (broad SMARTS) is 1. The number of aromatic carboxylic acids is 1. The van der Waals surface area contributed by atoms with Crippen LogP contribution in [0, 0.1) is 5.82 Å². The van der Waals surface area contributed by atoms with Gasteiger partial charge in [-0.15, -0.1) is 10.2 Å². The second-order valence-corrected chi connectivity index (χ2v) is 7.35. The molecule has 0 amide bonds. The summed E-state index contributed by atoms with van der Waals surface area (Å²) in [6.45, 7) is 1.22. The number of anilines is 1. The zero-order chi connectivity index (χ0) is 20.8. The minimum atomic E-state index is -1.09. The Morgan fingerprint density at radius 1 is 1.07 bits per heavy atom. The number of carboxylic acids is 1. The van der Waals surface area contributed by atoms with Gasteiger partial charge in [-0.05, 0) is 43.2 Å². The number of hydrogen-bond acceptors (Lipinski definition) is 6. The van der Waals surface area contributed by atoms with Crippen molar-refractivity contribution >= 4 is 33.7 Å². The van der Waals surface area contributed by atoms with E-state index in [1.807, 2.05) is 4.90 Å². The van der Waals surface area contributed by atoms with Crippen LogP contribution in [0.2, 0.25) is 0 Å². The molecule has 2 N–H and O–H groups in total. The van der Waals surface area contributed by atoms with Crippen molar-refractivity contribution in [2.45, 2.75) is 18.9 Å². The lowest BCUT2D eigenvalue weighted by molar-refractivity contribution is 0.0699. The Balaban J connectivity index is 1.68. The Morgan fingerprint density at radius 2 is 1.83 bits per heavy atom. The fourth-order valence-corrected chi connectivity index (χ4v) is 3.83. The number of aromatic nitrogens is 4. The number of aliphatic hydroxyl groups excluding tert-OH is 1. The quantitative estimate of drug-likeness (QED) is 0.538. The summed E-state index contributed by atoms with van der Waals surface area (Å²) in [6, 6.07) is 10.9. The number of hydrogen-bond donors (Lipinski definition) is 2. The fourth-order valence-electron chi connectivity index (χ4n) is 3.83. The third-order valence-corrected chi connectivity index (χ3v) is 5.37. The van der Waals surface area contributed by atoms with Crippen LogP contribution in [-0.4, -0.2) is 55.4 Å². The van der Waals surface area contributed by atoms with Gasteiger partial charge in [0.15, 0.2) is 0 Å². The van der Waals surface area contributed by atoms with Crippen LogP contribution in [0.25, 0.3) is 27.6 Å². The maximum atomic E-state index is 13.6. The molecule has 4 aromatic rings. The summed E-state index contributed by atoms with van der Waals surface area (Å²) in [7, 11) is 0. The van der Waals surface area contributed by atoms with E-state index in [1.54, 1.807) is 30.3 Å². The van der Waals surface area contributed by atoms with Gasteiger partial charge >= 0.3 is 5.97 Å². The lowest BCUT2D eigenvalue weighted by Gasteiger charge is -2.30. The van der Waals surface area contributed by atoms with Gasteiger partial charge in [-0.25, -0.2) is 14.2 Å². The molecule has 9 heteroatoms. The maximum absolute atomic E-state index is 13.6. The largest absolute Gasteiger partial charge is 0.478 e. The van der Waals surface area contributed by atoms with E-state index < -0.39 is 11.8 Å². The normalized spacial score (nSPS) is 15.2. The third-order valence-electron chi connectivity index (χ3n) is 5.37. The second kappa shape index (κ2) is 7.03. The van der Waals surface area contributed by atoms with E-state index in [-0.39, 0.29) is 11.7 Å². The Morgan fingerprint density at radius 3 is 2.57 bits per heavy atom. The van der Waals surface area contributed by atoms with E-state index in [1.165, 1.54) is 16.9 Å². The number of aliphatic hydroxyl groups is 1. The molecule has 0 bridgehead atoms. The van der Waals surface area contributed by atoms with E-state index in [2.05, 4.69) is 15.2 Å². The van der Waals surface area contributed by atoms with Crippen molar-refractivity contribution < 1.29 is 19.4 Å². The summed E-state index contributed by atoms with van der Waals surface area (Å²) >= 11 is 0. The van der Waals surface area contributed by atoms with Crippen molar-refractivity contribution in [3.05, 3.63) is 53.8 Å². The Hall–Kier alpha value is -3.59. The Kier molecular flexibility index (Phi) is 4.32. The van der Waals surface area contributed by atoms with Crippen molar-refractivity contribution in [2.75, 3.05) is 18.0 Å². The number of piperidine rings is 1. The van der Waals surface area contributed by atoms with Gasteiger partial charge in [0.05, 0.1) is 22.9 Å². The van der Waals surface area contributed by atoms with Gasteiger partial charge in [-0.2, -0.15) is 4.80 Å². The van der Waals surface area contributed by atoms with Crippen LogP contribution in [0.15, 0.2) is 42.5 Å². The standard InChI is InChI=1S/C21H18FN5O3/c22-12-2-1-3-13(10-12)27-24-17-5-4-16-19(20(17)25-27)15(21(29)30)11-18(23-16)26-8-6-14(28)7-9-26/h1-5,10-11,14,28H,6-9H2,(H,29,30). The van der Waals surface area contributed by atoms with Gasteiger partial charge in [0, 0.05) is 24.5 Å². The summed E-state index contributed by atoms with van der Waals surface area (Å²) in [4.78, 5) is 20.0. The van der Waals surface area contributed by atoms with Crippen LogP contribution in [0.3, 0.4) is 0 Å². The van der Waals surface area contributed by atoms with Crippen molar-refractivity contribution in [3.63, 3.8) is 0 Å². The minimum absolute atomic E-state index is 0.0815. The van der Waals surface area contributed by atoms with Gasteiger partial charge in [0.2, 0.25) is 0 Å². The summed E-state index contributed by atoms with van der Waals surface area (Å²) in [6.07, 6.45) is 0.893. The molecule has 3 heterocycles. The number of halogens is 1. The SMILES string of the molecule is O=C(O)c1cc(N2CCC(O)CC2)nc2ccc3nn(-c4cccc(F)c4)nc3c12. The summed E-state index contributed by atoms with van der Waals surface area (Å²) in [5.74, 6) is -0.944. The number of benzene rings is 2. The molecule has 5 rings (SSSR count). The monoisotopic (exact) mass is 407 g/mol. The first kappa shape index (κ1) is 18.4. The van der Waals surface area contributed by atoms with Crippen molar-refractivity contribution in [2.24, 2.45) is 0 Å². The first-order chi connectivity index (χ1) is 14.5. The van der Waals surface area contributed by atoms with Gasteiger partial charge in [0.25, 0.3) is 0 Å². The first-order valence-corrected chi connectivity index (χ1v) is 9.62. The molecule has 0 radical (unpaired) electrons. The lowest BCUT2D eigenvalue weighted by atomic mass is 10.1. The molecule has 8 nitrogen and oxygen atoms in total. The van der Waals surface area contributed by atoms with Gasteiger partial charge in [-0.3, -0.25) is 0 Å². The molecule has 0 aliphatic carbocycles. The highest BCUT2D eigenvalue weighted by Gasteiger charge is 2.23. The average Bonchev–Trinajstić information content (AvgIpc) is 3.18. The number of pyridine rings is 1. The van der Waals surface area contributed by atoms with E-state index in [0.29, 0.717) is 59.4 Å². The molecular formula is C21H18FN5O3. The highest BCUT2D eigenvalue weighted by molar-refractivity contribution is 6.13. The molecule has 0 atom stereocenters. The molecule has 0 saturated carbocycles. The zero-order valence-corrected chi connectivity index (χ0v) is 15.9. The van der Waals surface area contributed by atoms with Crippen LogP contribution >= 0.6 is 0 Å². The van der Waals surface area contributed by atoms with E-state index in [9.17, 15) is 19.4 Å². The second-order valence-electron chi connectivity index (χ2n) is 7.35. The van der Waals surface area contributed by atoms with E-state index >= 15 is 0 Å². The molecule has 0 unspecified atom stereocenters. The summed E-state index contributed by atoms with van der Waals surface area (Å²) in [5.41, 5.74) is 1.90. The van der Waals surface area contributed by atoms with E-state index in [0.717, 1.165) is 0 Å². The average molecular weight is 407 g/mol. The molecule has 1 saturated heterocycles. The van der Waals surface area contributed by atoms with Gasteiger partial charge < -0.3 is 15.1 Å². The van der Waals surface area contributed by atoms with Gasteiger partial charge in [0.1, 0.15) is 22.7 Å². The third kappa shape index (κ3) is 3.13. The first-order valence-electron chi connectivity index (χ1n) is 9.62. The van der Waals surface area contributed by atoms with Crippen LogP contribution in [-0.2, 0) is 0 Å². The van der Waals surface area contributed by atoms with E-state index in [4.69, 9.17) is 0 Å². The molecule has 30 heavy (non-hydrogen) atoms. The Labute approximate surface area is 170 Å². The maximum Gasteiger partial charge on any atom is 0.336 e. The minimum Gasteiger partial charge on any atom is -0.478 e. The molecular weight excluding hydrogens is 389 g/mol. The number of fused-ring (bicyclic) bond motifs is 3. The van der Waals surface area contributed by atoms with Crippen LogP contribution in [0.4, 0.5) is 10.2 Å². The topological polar surface area (TPSA) is 104 Å². The number of nitrogens with zero attached hydrogens (tertiary/aromatic N) is 5. The van der Waals surface area contributed by atoms with Crippen molar-refractivity contribution in [1.82, 2.24) is 20.0 Å². The highest BCUT2D eigenvalue weighted by atomic mass is 19.1. The predicted molar refractivity (Wildman–Crippen MR) is 109 cm³/mol. The highest BCUT2D eigenvalue weighted by Crippen LogP contribution is 2.30. The molecule has 2 aromatic carbocycles. The Bertz CT molecular complexity index is 1280. The number of rotatable bonds is 3. The molecule has 1 aliphatic heterocycles. The van der Waals surface area contributed by atoms with Gasteiger partial charge in [-0.1, -0.05) is 6.07 Å². The molecule has 2 aromatic heterocycles. The van der Waals surface area contributed by atoms with Crippen LogP contribution < -0.4 is 4.90 Å². The molecule has 0 spiro atoms. The smallest absolute Gasteiger partial charge is 0.336 e. The lowest BCUT2D eigenvalue weighted by Crippen LogP contribution is -2.36. The fraction of sp³-hybridized carbons (Fsp3) is 0.238. The number of carbonyl (C=O) groups is 1. The van der Waals surface area contributed by atoms with Crippen LogP contribution in [0.1, 0.15) is 23.2 Å². The summed E-state index contributed by atoms with van der Waals surface area (Å²) < 4.78 is 13.6. The molecule has 1 fully saturated rings. The van der Waals surface area contributed by atoms with Crippen molar-refractivity contribution in [3.8, 4) is 5.69 Å². The predicted octanol–water partition coefficient (Wildman–Crippen LogP) is 2.77. The molecule has 1 aliphatic rings. The zero-order valence-electron chi connectivity index (χ0n) is 15.9. The summed E-state index contributed by atoms with van der Waals surface area (Å²) in [5, 5.41) is 28.8. The van der Waals surface area contributed by atoms with Crippen molar-refractivity contribution in [1.29, 1.82) is 0 Å².